The molecular formula is C14H20N2O4S. The first kappa shape index (κ1) is 15.9. The third-order valence-electron chi connectivity index (χ3n) is 3.59. The minimum Gasteiger partial charge on any atom is -0.465 e. The molecule has 1 aromatic rings. The third-order valence-corrected chi connectivity index (χ3v) is 5.58. The van der Waals surface area contributed by atoms with Crippen LogP contribution in [-0.4, -0.2) is 51.0 Å². The highest BCUT2D eigenvalue weighted by atomic mass is 32.2. The van der Waals surface area contributed by atoms with Gasteiger partial charge in [-0.2, -0.15) is 4.31 Å². The van der Waals surface area contributed by atoms with Gasteiger partial charge in [-0.05, 0) is 38.1 Å². The van der Waals surface area contributed by atoms with Crippen LogP contribution in [0.2, 0.25) is 0 Å². The van der Waals surface area contributed by atoms with Crippen molar-refractivity contribution >= 4 is 16.0 Å². The molecule has 1 fully saturated rings. The van der Waals surface area contributed by atoms with Crippen molar-refractivity contribution in [3.63, 3.8) is 0 Å². The number of benzene rings is 1. The minimum absolute atomic E-state index is 0.105. The SMILES string of the molecule is COC(=O)c1ccc(S(=O)(=O)N2CC(C)NCC2C)cc1. The van der Waals surface area contributed by atoms with E-state index in [1.165, 1.54) is 35.7 Å². The fourth-order valence-electron chi connectivity index (χ4n) is 2.34. The van der Waals surface area contributed by atoms with Gasteiger partial charge in [0.05, 0.1) is 17.6 Å². The van der Waals surface area contributed by atoms with Crippen LogP contribution in [-0.2, 0) is 14.8 Å². The molecule has 1 aliphatic heterocycles. The Morgan fingerprint density at radius 2 is 1.90 bits per heavy atom. The molecule has 0 spiro atoms. The molecule has 0 bridgehead atoms. The Kier molecular flexibility index (Phi) is 4.65. The van der Waals surface area contributed by atoms with Crippen molar-refractivity contribution < 1.29 is 17.9 Å². The number of hydrogen-bond donors (Lipinski definition) is 1. The van der Waals surface area contributed by atoms with Gasteiger partial charge in [0.1, 0.15) is 0 Å². The minimum atomic E-state index is -3.55. The molecule has 1 aromatic carbocycles. The lowest BCUT2D eigenvalue weighted by Gasteiger charge is -2.36. The first-order chi connectivity index (χ1) is 9.86. The number of ether oxygens (including phenoxy) is 1. The highest BCUT2D eigenvalue weighted by Crippen LogP contribution is 2.21. The molecule has 0 aliphatic carbocycles. The smallest absolute Gasteiger partial charge is 0.337 e. The number of methoxy groups -OCH3 is 1. The van der Waals surface area contributed by atoms with Gasteiger partial charge < -0.3 is 10.1 Å². The van der Waals surface area contributed by atoms with E-state index in [4.69, 9.17) is 0 Å². The van der Waals surface area contributed by atoms with Crippen molar-refractivity contribution in [1.82, 2.24) is 9.62 Å². The summed E-state index contributed by atoms with van der Waals surface area (Å²) in [5.41, 5.74) is 0.332. The topological polar surface area (TPSA) is 75.7 Å². The lowest BCUT2D eigenvalue weighted by molar-refractivity contribution is 0.0600. The van der Waals surface area contributed by atoms with Crippen LogP contribution in [0.15, 0.2) is 29.2 Å². The Bertz CT molecular complexity index is 612. The van der Waals surface area contributed by atoms with Crippen molar-refractivity contribution in [2.75, 3.05) is 20.2 Å². The Morgan fingerprint density at radius 3 is 2.48 bits per heavy atom. The summed E-state index contributed by atoms with van der Waals surface area (Å²) in [6.45, 7) is 4.89. The zero-order chi connectivity index (χ0) is 15.6. The van der Waals surface area contributed by atoms with Gasteiger partial charge in [-0.1, -0.05) is 0 Å². The van der Waals surface area contributed by atoms with E-state index >= 15 is 0 Å². The summed E-state index contributed by atoms with van der Waals surface area (Å²) in [5, 5.41) is 3.25. The van der Waals surface area contributed by atoms with E-state index in [1.54, 1.807) is 0 Å². The van der Waals surface area contributed by atoms with Crippen LogP contribution in [0, 0.1) is 0 Å². The molecule has 116 valence electrons. The average molecular weight is 312 g/mol. The van der Waals surface area contributed by atoms with Crippen LogP contribution in [0.3, 0.4) is 0 Å². The number of carbonyl (C=O) groups is 1. The standard InChI is InChI=1S/C14H20N2O4S/c1-10-9-16(11(2)8-15-10)21(18,19)13-6-4-12(5-7-13)14(17)20-3/h4-7,10-11,15H,8-9H2,1-3H3. The summed E-state index contributed by atoms with van der Waals surface area (Å²) in [6.07, 6.45) is 0. The fraction of sp³-hybridized carbons (Fsp3) is 0.500. The van der Waals surface area contributed by atoms with E-state index in [-0.39, 0.29) is 17.0 Å². The maximum Gasteiger partial charge on any atom is 0.337 e. The number of sulfonamides is 1. The molecule has 0 amide bonds. The molecule has 6 nitrogen and oxygen atoms in total. The second-order valence-corrected chi connectivity index (χ2v) is 7.14. The van der Waals surface area contributed by atoms with E-state index in [0.29, 0.717) is 18.7 Å². The first-order valence-corrected chi connectivity index (χ1v) is 8.24. The molecule has 0 radical (unpaired) electrons. The molecule has 2 atom stereocenters. The van der Waals surface area contributed by atoms with Crippen LogP contribution in [0.4, 0.5) is 0 Å². The molecular weight excluding hydrogens is 292 g/mol. The van der Waals surface area contributed by atoms with Gasteiger partial charge in [0.15, 0.2) is 0 Å². The molecule has 1 heterocycles. The maximum atomic E-state index is 12.7. The van der Waals surface area contributed by atoms with Crippen LogP contribution >= 0.6 is 0 Å². The predicted octanol–water partition coefficient (Wildman–Crippen LogP) is 0.844. The lowest BCUT2D eigenvalue weighted by atomic mass is 10.2. The molecule has 0 aromatic heterocycles. The normalized spacial score (nSPS) is 23.8. The summed E-state index contributed by atoms with van der Waals surface area (Å²) < 4.78 is 31.5. The van der Waals surface area contributed by atoms with Crippen molar-refractivity contribution in [2.24, 2.45) is 0 Å². The number of esters is 1. The van der Waals surface area contributed by atoms with Crippen LogP contribution in [0.5, 0.6) is 0 Å². The highest BCUT2D eigenvalue weighted by Gasteiger charge is 2.33. The van der Waals surface area contributed by atoms with E-state index in [0.717, 1.165) is 0 Å². The van der Waals surface area contributed by atoms with Gasteiger partial charge >= 0.3 is 5.97 Å². The fourth-order valence-corrected chi connectivity index (χ4v) is 4.06. The van der Waals surface area contributed by atoms with Crippen LogP contribution in [0.1, 0.15) is 24.2 Å². The molecule has 7 heteroatoms. The summed E-state index contributed by atoms with van der Waals surface area (Å²) >= 11 is 0. The first-order valence-electron chi connectivity index (χ1n) is 6.80. The zero-order valence-electron chi connectivity index (χ0n) is 12.4. The summed E-state index contributed by atoms with van der Waals surface area (Å²) in [6, 6.07) is 5.84. The van der Waals surface area contributed by atoms with Gasteiger partial charge in [-0.15, -0.1) is 0 Å². The van der Waals surface area contributed by atoms with Crippen molar-refractivity contribution in [2.45, 2.75) is 30.8 Å². The lowest BCUT2D eigenvalue weighted by Crippen LogP contribution is -2.56. The second-order valence-electron chi connectivity index (χ2n) is 5.25. The monoisotopic (exact) mass is 312 g/mol. The van der Waals surface area contributed by atoms with Crippen LogP contribution in [0.25, 0.3) is 0 Å². The van der Waals surface area contributed by atoms with Gasteiger partial charge in [-0.3, -0.25) is 0 Å². The molecule has 2 rings (SSSR count). The van der Waals surface area contributed by atoms with Gasteiger partial charge in [0, 0.05) is 25.2 Å². The largest absolute Gasteiger partial charge is 0.465 e. The Hall–Kier alpha value is -1.44. The number of hydrogen-bond acceptors (Lipinski definition) is 5. The van der Waals surface area contributed by atoms with E-state index in [1.807, 2.05) is 13.8 Å². The quantitative estimate of drug-likeness (QED) is 0.837. The van der Waals surface area contributed by atoms with Gasteiger partial charge in [0.25, 0.3) is 0 Å². The van der Waals surface area contributed by atoms with Crippen molar-refractivity contribution in [3.05, 3.63) is 29.8 Å². The summed E-state index contributed by atoms with van der Waals surface area (Å²) in [4.78, 5) is 11.6. The molecule has 1 saturated heterocycles. The molecule has 1 aliphatic rings. The number of piperazine rings is 1. The molecule has 21 heavy (non-hydrogen) atoms. The van der Waals surface area contributed by atoms with Crippen molar-refractivity contribution in [1.29, 1.82) is 0 Å². The number of nitrogens with one attached hydrogen (secondary N) is 1. The van der Waals surface area contributed by atoms with Crippen LogP contribution < -0.4 is 5.32 Å². The third kappa shape index (κ3) is 3.25. The van der Waals surface area contributed by atoms with Gasteiger partial charge in [0.2, 0.25) is 10.0 Å². The number of carbonyl (C=O) groups excluding carboxylic acids is 1. The molecule has 2 unspecified atom stereocenters. The zero-order valence-corrected chi connectivity index (χ0v) is 13.2. The number of rotatable bonds is 3. The van der Waals surface area contributed by atoms with Crippen molar-refractivity contribution in [3.8, 4) is 0 Å². The van der Waals surface area contributed by atoms with E-state index in [9.17, 15) is 13.2 Å². The van der Waals surface area contributed by atoms with Gasteiger partial charge in [-0.25, -0.2) is 13.2 Å². The highest BCUT2D eigenvalue weighted by molar-refractivity contribution is 7.89. The molecule has 0 saturated carbocycles. The van der Waals surface area contributed by atoms with E-state index < -0.39 is 16.0 Å². The summed E-state index contributed by atoms with van der Waals surface area (Å²) in [7, 11) is -2.26. The van der Waals surface area contributed by atoms with E-state index in [2.05, 4.69) is 10.1 Å². The predicted molar refractivity (Wildman–Crippen MR) is 78.6 cm³/mol. The maximum absolute atomic E-state index is 12.7. The Labute approximate surface area is 125 Å². The Morgan fingerprint density at radius 1 is 1.29 bits per heavy atom. The second kappa shape index (κ2) is 6.13. The molecule has 1 N–H and O–H groups in total. The summed E-state index contributed by atoms with van der Waals surface area (Å²) in [5.74, 6) is -0.483. The number of nitrogens with zero attached hydrogens (tertiary/aromatic N) is 1. The average Bonchev–Trinajstić information content (AvgIpc) is 2.49. The Balaban J connectivity index is 2.28.